The van der Waals surface area contributed by atoms with Crippen LogP contribution in [-0.4, -0.2) is 46.1 Å². The van der Waals surface area contributed by atoms with Crippen molar-refractivity contribution in [3.63, 3.8) is 0 Å². The molecule has 1 saturated heterocycles. The monoisotopic (exact) mass is 344 g/mol. The molecule has 0 atom stereocenters. The van der Waals surface area contributed by atoms with Crippen LogP contribution >= 0.6 is 11.3 Å². The molecule has 1 fully saturated rings. The summed E-state index contributed by atoms with van der Waals surface area (Å²) in [5.41, 5.74) is 0.399. The summed E-state index contributed by atoms with van der Waals surface area (Å²) in [6.45, 7) is 6.40. The molecule has 124 valence electrons. The maximum absolute atomic E-state index is 14.4. The molecule has 3 aromatic heterocycles. The highest BCUT2D eigenvalue weighted by molar-refractivity contribution is 7.16. The third kappa shape index (κ3) is 2.56. The minimum absolute atomic E-state index is 0.323. The van der Waals surface area contributed by atoms with Gasteiger partial charge in [-0.1, -0.05) is 0 Å². The summed E-state index contributed by atoms with van der Waals surface area (Å²) < 4.78 is 14.4. The maximum Gasteiger partial charge on any atom is 0.186 e. The van der Waals surface area contributed by atoms with E-state index in [9.17, 15) is 4.39 Å². The highest BCUT2D eigenvalue weighted by Gasteiger charge is 2.24. The van der Waals surface area contributed by atoms with Crippen molar-refractivity contribution in [2.75, 3.05) is 36.0 Å². The number of piperazine rings is 1. The molecule has 0 aliphatic carbocycles. The first-order valence-corrected chi connectivity index (χ1v) is 8.70. The first kappa shape index (κ1) is 15.2. The molecule has 3 aromatic rings. The Balaban J connectivity index is 1.56. The van der Waals surface area contributed by atoms with E-state index in [1.165, 1.54) is 0 Å². The third-order valence-electron chi connectivity index (χ3n) is 4.23. The zero-order valence-electron chi connectivity index (χ0n) is 13.5. The molecule has 0 spiro atoms. The van der Waals surface area contributed by atoms with Crippen molar-refractivity contribution >= 4 is 33.2 Å². The predicted octanol–water partition coefficient (Wildman–Crippen LogP) is 2.56. The van der Waals surface area contributed by atoms with Crippen LogP contribution in [0.25, 0.3) is 10.2 Å². The molecule has 1 aliphatic heterocycles. The SMILES string of the molecule is Cc1nc(C)c(F)c(N2CCN(c3ncnc4sccc34)CC2)n1. The normalized spacial score (nSPS) is 15.3. The van der Waals surface area contributed by atoms with Gasteiger partial charge in [0, 0.05) is 26.2 Å². The smallest absolute Gasteiger partial charge is 0.186 e. The molecular formula is C16H17FN6S. The largest absolute Gasteiger partial charge is 0.352 e. The Kier molecular flexibility index (Phi) is 3.76. The number of rotatable bonds is 2. The van der Waals surface area contributed by atoms with Crippen LogP contribution in [-0.2, 0) is 0 Å². The number of halogens is 1. The summed E-state index contributed by atoms with van der Waals surface area (Å²) in [7, 11) is 0. The van der Waals surface area contributed by atoms with Crippen LogP contribution in [0.5, 0.6) is 0 Å². The van der Waals surface area contributed by atoms with E-state index in [-0.39, 0.29) is 5.82 Å². The molecule has 4 heterocycles. The second kappa shape index (κ2) is 5.94. The molecule has 0 amide bonds. The molecule has 0 bridgehead atoms. The van der Waals surface area contributed by atoms with Crippen molar-refractivity contribution in [2.45, 2.75) is 13.8 Å². The lowest BCUT2D eigenvalue weighted by Gasteiger charge is -2.36. The number of hydrogen-bond acceptors (Lipinski definition) is 7. The van der Waals surface area contributed by atoms with Crippen molar-refractivity contribution in [3.05, 3.63) is 35.1 Å². The third-order valence-corrected chi connectivity index (χ3v) is 5.05. The van der Waals surface area contributed by atoms with Crippen molar-refractivity contribution < 1.29 is 4.39 Å². The van der Waals surface area contributed by atoms with Crippen molar-refractivity contribution in [2.24, 2.45) is 0 Å². The molecule has 0 radical (unpaired) electrons. The first-order valence-electron chi connectivity index (χ1n) is 7.82. The van der Waals surface area contributed by atoms with Crippen molar-refractivity contribution in [1.82, 2.24) is 19.9 Å². The fourth-order valence-corrected chi connectivity index (χ4v) is 3.78. The Hall–Kier alpha value is -2.35. The predicted molar refractivity (Wildman–Crippen MR) is 93.3 cm³/mol. The topological polar surface area (TPSA) is 58.0 Å². The highest BCUT2D eigenvalue weighted by Crippen LogP contribution is 2.28. The summed E-state index contributed by atoms with van der Waals surface area (Å²) in [5.74, 6) is 1.64. The minimum Gasteiger partial charge on any atom is -0.352 e. The number of hydrogen-bond donors (Lipinski definition) is 0. The summed E-state index contributed by atoms with van der Waals surface area (Å²) in [6.07, 6.45) is 1.61. The van der Waals surface area contributed by atoms with Gasteiger partial charge in [-0.15, -0.1) is 11.3 Å². The van der Waals surface area contributed by atoms with Gasteiger partial charge in [0.2, 0.25) is 0 Å². The van der Waals surface area contributed by atoms with Gasteiger partial charge in [0.15, 0.2) is 11.6 Å². The number of aromatic nitrogens is 4. The quantitative estimate of drug-likeness (QED) is 0.712. The number of thiophene rings is 1. The van der Waals surface area contributed by atoms with Gasteiger partial charge in [-0.05, 0) is 25.3 Å². The molecule has 24 heavy (non-hydrogen) atoms. The lowest BCUT2D eigenvalue weighted by molar-refractivity contribution is 0.571. The molecule has 0 saturated carbocycles. The van der Waals surface area contributed by atoms with E-state index >= 15 is 0 Å². The molecule has 1 aliphatic rings. The summed E-state index contributed by atoms with van der Waals surface area (Å²) in [4.78, 5) is 22.3. The van der Waals surface area contributed by atoms with Crippen LogP contribution in [0.3, 0.4) is 0 Å². The fourth-order valence-electron chi connectivity index (χ4n) is 3.05. The fraction of sp³-hybridized carbons (Fsp3) is 0.375. The van der Waals surface area contributed by atoms with Crippen LogP contribution in [0.1, 0.15) is 11.5 Å². The maximum atomic E-state index is 14.4. The van der Waals surface area contributed by atoms with E-state index in [0.29, 0.717) is 30.4 Å². The average Bonchev–Trinajstić information content (AvgIpc) is 3.07. The summed E-state index contributed by atoms with van der Waals surface area (Å²) >= 11 is 1.61. The summed E-state index contributed by atoms with van der Waals surface area (Å²) in [6, 6.07) is 2.05. The van der Waals surface area contributed by atoms with Gasteiger partial charge in [-0.3, -0.25) is 0 Å². The Morgan fingerprint density at radius 1 is 1.00 bits per heavy atom. The second-order valence-corrected chi connectivity index (χ2v) is 6.70. The van der Waals surface area contributed by atoms with E-state index in [1.807, 2.05) is 10.3 Å². The Labute approximate surface area is 143 Å². The van der Waals surface area contributed by atoms with Gasteiger partial charge >= 0.3 is 0 Å². The van der Waals surface area contributed by atoms with Gasteiger partial charge in [0.05, 0.1) is 11.1 Å². The zero-order chi connectivity index (χ0) is 16.7. The molecule has 0 N–H and O–H groups in total. The van der Waals surface area contributed by atoms with Gasteiger partial charge in [0.1, 0.15) is 22.8 Å². The summed E-state index contributed by atoms with van der Waals surface area (Å²) in [5, 5.41) is 3.11. The van der Waals surface area contributed by atoms with E-state index in [0.717, 1.165) is 29.1 Å². The van der Waals surface area contributed by atoms with Crippen molar-refractivity contribution in [3.8, 4) is 0 Å². The van der Waals surface area contributed by atoms with Gasteiger partial charge in [-0.25, -0.2) is 24.3 Å². The second-order valence-electron chi connectivity index (χ2n) is 5.80. The lowest BCUT2D eigenvalue weighted by Crippen LogP contribution is -2.47. The van der Waals surface area contributed by atoms with E-state index in [1.54, 1.807) is 31.5 Å². The van der Waals surface area contributed by atoms with Crippen LogP contribution in [0.15, 0.2) is 17.8 Å². The van der Waals surface area contributed by atoms with Gasteiger partial charge in [-0.2, -0.15) is 0 Å². The first-order chi connectivity index (χ1) is 11.6. The van der Waals surface area contributed by atoms with E-state index < -0.39 is 0 Å². The van der Waals surface area contributed by atoms with E-state index in [2.05, 4.69) is 30.9 Å². The molecule has 4 rings (SSSR count). The van der Waals surface area contributed by atoms with Crippen LogP contribution in [0.4, 0.5) is 16.0 Å². The lowest BCUT2D eigenvalue weighted by atomic mass is 10.2. The number of nitrogens with zero attached hydrogens (tertiary/aromatic N) is 6. The number of anilines is 2. The Morgan fingerprint density at radius 2 is 1.71 bits per heavy atom. The van der Waals surface area contributed by atoms with Crippen molar-refractivity contribution in [1.29, 1.82) is 0 Å². The molecule has 0 aromatic carbocycles. The Morgan fingerprint density at radius 3 is 2.46 bits per heavy atom. The molecular weight excluding hydrogens is 327 g/mol. The number of fused-ring (bicyclic) bond motifs is 1. The Bertz CT molecular complexity index is 887. The highest BCUT2D eigenvalue weighted by atomic mass is 32.1. The van der Waals surface area contributed by atoms with Crippen LogP contribution < -0.4 is 9.80 Å². The molecule has 8 heteroatoms. The zero-order valence-corrected chi connectivity index (χ0v) is 14.3. The standard InChI is InChI=1S/C16H17FN6S/c1-10-13(17)15(21-11(2)20-10)23-6-4-22(5-7-23)14-12-3-8-24-16(12)19-9-18-14/h3,8-9H,4-7H2,1-2H3. The van der Waals surface area contributed by atoms with Crippen LogP contribution in [0, 0.1) is 19.7 Å². The number of aryl methyl sites for hydroxylation is 2. The molecule has 0 unspecified atom stereocenters. The van der Waals surface area contributed by atoms with Gasteiger partial charge in [0.25, 0.3) is 0 Å². The average molecular weight is 344 g/mol. The van der Waals surface area contributed by atoms with Gasteiger partial charge < -0.3 is 9.80 Å². The minimum atomic E-state index is -0.323. The molecule has 6 nitrogen and oxygen atoms in total. The van der Waals surface area contributed by atoms with Crippen LogP contribution in [0.2, 0.25) is 0 Å². The van der Waals surface area contributed by atoms with E-state index in [4.69, 9.17) is 0 Å².